The second kappa shape index (κ2) is 9.77. The number of nitrogens with one attached hydrogen (secondary N) is 1. The molecule has 2 aromatic rings. The van der Waals surface area contributed by atoms with Crippen molar-refractivity contribution in [2.75, 3.05) is 5.32 Å². The van der Waals surface area contributed by atoms with Crippen molar-refractivity contribution in [1.29, 1.82) is 0 Å². The average molecular weight is 438 g/mol. The predicted molar refractivity (Wildman–Crippen MR) is 126 cm³/mol. The number of rotatable bonds is 6. The summed E-state index contributed by atoms with van der Waals surface area (Å²) in [7, 11) is 0. The van der Waals surface area contributed by atoms with Gasteiger partial charge in [0.2, 0.25) is 5.91 Å². The van der Waals surface area contributed by atoms with Crippen molar-refractivity contribution in [2.24, 2.45) is 5.92 Å². The first kappa shape index (κ1) is 21.8. The number of fused-ring (bicyclic) bond motifs is 3. The van der Waals surface area contributed by atoms with Crippen LogP contribution in [0.15, 0.2) is 36.3 Å². The normalized spacial score (nSPS) is 16.4. The first-order valence-corrected chi connectivity index (χ1v) is 11.9. The molecule has 0 aliphatic heterocycles. The standard InChI is InChI=1S/C25H28FN3OS/c1-3-21(31-4-2)24-25(28-22(30)14-16-8-6-5-7-9-16)27-20-13-10-17-15-18(26)11-12-19(17)23(20)29-24/h3-4,11-12,15-16H,2,5-10,13-14H2,1H3,(H,27,28,30)/b21-3-. The zero-order chi connectivity index (χ0) is 21.8. The molecule has 0 atom stereocenters. The molecule has 162 valence electrons. The molecule has 1 heterocycles. The van der Waals surface area contributed by atoms with Gasteiger partial charge in [0.15, 0.2) is 5.82 Å². The van der Waals surface area contributed by atoms with E-state index in [0.717, 1.165) is 40.3 Å². The van der Waals surface area contributed by atoms with Crippen LogP contribution < -0.4 is 5.32 Å². The van der Waals surface area contributed by atoms with E-state index >= 15 is 0 Å². The van der Waals surface area contributed by atoms with Crippen molar-refractivity contribution < 1.29 is 9.18 Å². The number of allylic oxidation sites excluding steroid dienone is 1. The SMILES string of the molecule is C=CS/C(=C\C)c1nc2c(nc1NC(=O)CC1CCCCC1)CCc1cc(F)ccc1-2. The first-order chi connectivity index (χ1) is 15.1. The van der Waals surface area contributed by atoms with Crippen molar-refractivity contribution in [3.05, 3.63) is 59.0 Å². The lowest BCUT2D eigenvalue weighted by Crippen LogP contribution is -2.21. The highest BCUT2D eigenvalue weighted by Gasteiger charge is 2.25. The second-order valence-corrected chi connectivity index (χ2v) is 9.22. The summed E-state index contributed by atoms with van der Waals surface area (Å²) in [6.07, 6.45) is 9.79. The van der Waals surface area contributed by atoms with Gasteiger partial charge in [0.1, 0.15) is 11.5 Å². The number of carbonyl (C=O) groups is 1. The van der Waals surface area contributed by atoms with E-state index in [0.29, 0.717) is 36.7 Å². The topological polar surface area (TPSA) is 54.9 Å². The van der Waals surface area contributed by atoms with E-state index in [2.05, 4.69) is 11.9 Å². The molecule has 0 spiro atoms. The molecule has 31 heavy (non-hydrogen) atoms. The minimum absolute atomic E-state index is 0.000244. The summed E-state index contributed by atoms with van der Waals surface area (Å²) in [4.78, 5) is 23.5. The minimum Gasteiger partial charge on any atom is -0.309 e. The Hall–Kier alpha value is -2.47. The number of hydrogen-bond acceptors (Lipinski definition) is 4. The Bertz CT molecular complexity index is 1030. The summed E-state index contributed by atoms with van der Waals surface area (Å²) >= 11 is 1.45. The van der Waals surface area contributed by atoms with Crippen LogP contribution >= 0.6 is 11.8 Å². The lowest BCUT2D eigenvalue weighted by atomic mass is 9.87. The number of halogens is 1. The number of aryl methyl sites for hydroxylation is 2. The predicted octanol–water partition coefficient (Wildman–Crippen LogP) is 6.53. The van der Waals surface area contributed by atoms with Crippen molar-refractivity contribution in [2.45, 2.75) is 58.3 Å². The van der Waals surface area contributed by atoms with Crippen LogP contribution in [0.2, 0.25) is 0 Å². The Kier molecular flexibility index (Phi) is 6.86. The van der Waals surface area contributed by atoms with E-state index in [1.165, 1.54) is 37.1 Å². The molecule has 2 aliphatic rings. The van der Waals surface area contributed by atoms with Crippen LogP contribution in [-0.2, 0) is 17.6 Å². The summed E-state index contributed by atoms with van der Waals surface area (Å²) in [5.74, 6) is 0.721. The molecule has 4 rings (SSSR count). The van der Waals surface area contributed by atoms with Gasteiger partial charge in [-0.25, -0.2) is 14.4 Å². The van der Waals surface area contributed by atoms with E-state index in [4.69, 9.17) is 9.97 Å². The highest BCUT2D eigenvalue weighted by molar-refractivity contribution is 8.10. The van der Waals surface area contributed by atoms with Gasteiger partial charge in [0, 0.05) is 16.9 Å². The number of benzene rings is 1. The molecule has 2 aliphatic carbocycles. The lowest BCUT2D eigenvalue weighted by Gasteiger charge is -2.23. The van der Waals surface area contributed by atoms with Gasteiger partial charge in [0.05, 0.1) is 11.4 Å². The van der Waals surface area contributed by atoms with E-state index < -0.39 is 0 Å². The maximum atomic E-state index is 13.7. The van der Waals surface area contributed by atoms with Gasteiger partial charge < -0.3 is 5.32 Å². The Balaban J connectivity index is 1.69. The molecule has 1 aromatic heterocycles. The molecule has 0 bridgehead atoms. The fourth-order valence-electron chi connectivity index (χ4n) is 4.56. The Morgan fingerprint density at radius 3 is 2.81 bits per heavy atom. The summed E-state index contributed by atoms with van der Waals surface area (Å²) in [5, 5.41) is 4.80. The summed E-state index contributed by atoms with van der Waals surface area (Å²) in [6.45, 7) is 5.75. The van der Waals surface area contributed by atoms with Gasteiger partial charge in [-0.05, 0) is 67.7 Å². The Morgan fingerprint density at radius 2 is 2.06 bits per heavy atom. The van der Waals surface area contributed by atoms with Gasteiger partial charge in [0.25, 0.3) is 0 Å². The molecule has 1 aromatic carbocycles. The fraction of sp³-hybridized carbons (Fsp3) is 0.400. The zero-order valence-electron chi connectivity index (χ0n) is 17.9. The molecule has 0 radical (unpaired) electrons. The van der Waals surface area contributed by atoms with Crippen LogP contribution in [0.1, 0.15) is 62.4 Å². The number of carbonyl (C=O) groups excluding carboxylic acids is 1. The van der Waals surface area contributed by atoms with Crippen LogP contribution in [-0.4, -0.2) is 15.9 Å². The monoisotopic (exact) mass is 437 g/mol. The molecule has 1 fully saturated rings. The Morgan fingerprint density at radius 1 is 1.26 bits per heavy atom. The molecular weight excluding hydrogens is 409 g/mol. The van der Waals surface area contributed by atoms with Crippen LogP contribution in [0, 0.1) is 11.7 Å². The number of anilines is 1. The number of thioether (sulfide) groups is 1. The maximum Gasteiger partial charge on any atom is 0.225 e. The zero-order valence-corrected chi connectivity index (χ0v) is 18.7. The van der Waals surface area contributed by atoms with Crippen molar-refractivity contribution in [3.8, 4) is 11.3 Å². The molecule has 1 amide bonds. The van der Waals surface area contributed by atoms with Gasteiger partial charge in [-0.15, -0.1) is 0 Å². The number of hydrogen-bond donors (Lipinski definition) is 1. The van der Waals surface area contributed by atoms with Crippen LogP contribution in [0.4, 0.5) is 10.2 Å². The van der Waals surface area contributed by atoms with Gasteiger partial charge >= 0.3 is 0 Å². The second-order valence-electron chi connectivity index (χ2n) is 8.21. The lowest BCUT2D eigenvalue weighted by molar-refractivity contribution is -0.117. The van der Waals surface area contributed by atoms with Crippen LogP contribution in [0.5, 0.6) is 0 Å². The molecule has 4 nitrogen and oxygen atoms in total. The maximum absolute atomic E-state index is 13.7. The van der Waals surface area contributed by atoms with Gasteiger partial charge in [-0.3, -0.25) is 4.79 Å². The van der Waals surface area contributed by atoms with Crippen molar-refractivity contribution in [1.82, 2.24) is 9.97 Å². The first-order valence-electron chi connectivity index (χ1n) is 11.0. The third-order valence-electron chi connectivity index (χ3n) is 6.08. The van der Waals surface area contributed by atoms with Gasteiger partial charge in [-0.1, -0.05) is 43.7 Å². The molecule has 1 saturated carbocycles. The smallest absolute Gasteiger partial charge is 0.225 e. The van der Waals surface area contributed by atoms with Crippen LogP contribution in [0.3, 0.4) is 0 Å². The average Bonchev–Trinajstić information content (AvgIpc) is 2.77. The molecule has 1 N–H and O–H groups in total. The van der Waals surface area contributed by atoms with E-state index in [1.807, 2.05) is 13.0 Å². The van der Waals surface area contributed by atoms with E-state index in [-0.39, 0.29) is 11.7 Å². The fourth-order valence-corrected chi connectivity index (χ4v) is 5.13. The van der Waals surface area contributed by atoms with E-state index in [1.54, 1.807) is 17.5 Å². The molecule has 0 saturated heterocycles. The largest absolute Gasteiger partial charge is 0.309 e. The highest BCUT2D eigenvalue weighted by Crippen LogP contribution is 2.37. The third kappa shape index (κ3) is 4.90. The number of nitrogens with zero attached hydrogens (tertiary/aromatic N) is 2. The quantitative estimate of drug-likeness (QED) is 0.558. The molecule has 6 heteroatoms. The van der Waals surface area contributed by atoms with Gasteiger partial charge in [-0.2, -0.15) is 0 Å². The highest BCUT2D eigenvalue weighted by atomic mass is 32.2. The minimum atomic E-state index is -0.238. The third-order valence-corrected chi connectivity index (χ3v) is 6.93. The number of aromatic nitrogens is 2. The summed E-state index contributed by atoms with van der Waals surface area (Å²) in [6, 6.07) is 4.82. The molecular formula is C25H28FN3OS. The number of amides is 1. The summed E-state index contributed by atoms with van der Waals surface area (Å²) < 4.78 is 13.7. The Labute approximate surface area is 187 Å². The van der Waals surface area contributed by atoms with Crippen molar-refractivity contribution >= 4 is 28.4 Å². The molecule has 0 unspecified atom stereocenters. The van der Waals surface area contributed by atoms with E-state index in [9.17, 15) is 9.18 Å². The summed E-state index contributed by atoms with van der Waals surface area (Å²) in [5.41, 5.74) is 4.11. The van der Waals surface area contributed by atoms with Crippen molar-refractivity contribution in [3.63, 3.8) is 0 Å². The van der Waals surface area contributed by atoms with Crippen LogP contribution in [0.25, 0.3) is 16.2 Å².